The van der Waals surface area contributed by atoms with E-state index in [-0.39, 0.29) is 24.7 Å². The van der Waals surface area contributed by atoms with Crippen LogP contribution in [0.3, 0.4) is 0 Å². The van der Waals surface area contributed by atoms with E-state index < -0.39 is 48.1 Å². The van der Waals surface area contributed by atoms with Gasteiger partial charge in [-0.05, 0) is 57.7 Å². The molecule has 0 spiro atoms. The predicted molar refractivity (Wildman–Crippen MR) is 126 cm³/mol. The number of hydrogen-bond donors (Lipinski definition) is 4. The number of phenolic OH excluding ortho intramolecular Hbond substituents is 1. The zero-order valence-corrected chi connectivity index (χ0v) is 20.8. The van der Waals surface area contributed by atoms with Gasteiger partial charge in [0.2, 0.25) is 11.8 Å². The van der Waals surface area contributed by atoms with Gasteiger partial charge < -0.3 is 30.5 Å². The Morgan fingerprint density at radius 1 is 1.00 bits per heavy atom. The SMILES string of the molecule is CCOC(=O)[C@H](Cc1ccc(O)cc1)NC(=O)CNC(=O)[C@H](CC(C)C)NC(=O)OC(C)(C)C. The smallest absolute Gasteiger partial charge is 0.408 e. The Bertz CT molecular complexity index is 832. The van der Waals surface area contributed by atoms with E-state index in [2.05, 4.69) is 16.0 Å². The van der Waals surface area contributed by atoms with Crippen LogP contribution in [0, 0.1) is 5.92 Å². The van der Waals surface area contributed by atoms with Gasteiger partial charge in [0.25, 0.3) is 0 Å². The molecule has 10 heteroatoms. The quantitative estimate of drug-likeness (QED) is 0.356. The molecule has 0 aliphatic heterocycles. The third kappa shape index (κ3) is 11.5. The van der Waals surface area contributed by atoms with Gasteiger partial charge in [-0.25, -0.2) is 9.59 Å². The minimum Gasteiger partial charge on any atom is -0.508 e. The lowest BCUT2D eigenvalue weighted by molar-refractivity contribution is -0.147. The Hall–Kier alpha value is -3.30. The normalized spacial score (nSPS) is 12.9. The highest BCUT2D eigenvalue weighted by Crippen LogP contribution is 2.12. The third-order valence-corrected chi connectivity index (χ3v) is 4.42. The molecule has 0 fully saturated rings. The number of hydrogen-bond acceptors (Lipinski definition) is 7. The van der Waals surface area contributed by atoms with Crippen LogP contribution in [0.25, 0.3) is 0 Å². The summed E-state index contributed by atoms with van der Waals surface area (Å²) >= 11 is 0. The summed E-state index contributed by atoms with van der Waals surface area (Å²) in [5.41, 5.74) is -0.0126. The number of alkyl carbamates (subject to hydrolysis) is 1. The first-order valence-corrected chi connectivity index (χ1v) is 11.3. The summed E-state index contributed by atoms with van der Waals surface area (Å²) in [4.78, 5) is 49.6. The molecule has 4 N–H and O–H groups in total. The number of esters is 1. The minimum atomic E-state index is -0.972. The van der Waals surface area contributed by atoms with Gasteiger partial charge in [0, 0.05) is 6.42 Å². The van der Waals surface area contributed by atoms with Gasteiger partial charge in [0.05, 0.1) is 13.2 Å². The van der Waals surface area contributed by atoms with Crippen molar-refractivity contribution in [2.75, 3.05) is 13.2 Å². The second kappa shape index (κ2) is 13.4. The number of benzene rings is 1. The fourth-order valence-corrected chi connectivity index (χ4v) is 2.99. The first kappa shape index (κ1) is 28.7. The van der Waals surface area contributed by atoms with Crippen molar-refractivity contribution in [1.29, 1.82) is 0 Å². The minimum absolute atomic E-state index is 0.0825. The molecule has 0 aliphatic rings. The topological polar surface area (TPSA) is 143 Å². The Kier molecular flexibility index (Phi) is 11.3. The molecule has 0 heterocycles. The first-order valence-electron chi connectivity index (χ1n) is 11.3. The molecule has 1 aromatic rings. The second-order valence-electron chi connectivity index (χ2n) is 9.29. The highest BCUT2D eigenvalue weighted by molar-refractivity contribution is 5.91. The molecular weight excluding hydrogens is 442 g/mol. The van der Waals surface area contributed by atoms with Crippen molar-refractivity contribution in [3.05, 3.63) is 29.8 Å². The van der Waals surface area contributed by atoms with Crippen LogP contribution in [0.1, 0.15) is 53.5 Å². The van der Waals surface area contributed by atoms with Gasteiger partial charge in [-0.15, -0.1) is 0 Å². The molecule has 0 saturated carbocycles. The third-order valence-electron chi connectivity index (χ3n) is 4.42. The maximum absolute atomic E-state index is 12.7. The van der Waals surface area contributed by atoms with Crippen molar-refractivity contribution in [2.24, 2.45) is 5.92 Å². The fraction of sp³-hybridized carbons (Fsp3) is 0.583. The van der Waals surface area contributed by atoms with E-state index in [1.54, 1.807) is 39.8 Å². The Morgan fingerprint density at radius 3 is 2.15 bits per heavy atom. The fourth-order valence-electron chi connectivity index (χ4n) is 2.99. The van der Waals surface area contributed by atoms with E-state index in [4.69, 9.17) is 9.47 Å². The lowest BCUT2D eigenvalue weighted by Crippen LogP contribution is -2.52. The van der Waals surface area contributed by atoms with Crippen molar-refractivity contribution < 1.29 is 33.8 Å². The van der Waals surface area contributed by atoms with Crippen LogP contribution in [-0.2, 0) is 30.3 Å². The van der Waals surface area contributed by atoms with E-state index in [9.17, 15) is 24.3 Å². The molecular formula is C24H37N3O7. The van der Waals surface area contributed by atoms with Crippen LogP contribution in [-0.4, -0.2) is 59.8 Å². The summed E-state index contributed by atoms with van der Waals surface area (Å²) < 4.78 is 10.3. The van der Waals surface area contributed by atoms with Gasteiger partial charge in [0.15, 0.2) is 0 Å². The number of amides is 3. The van der Waals surface area contributed by atoms with E-state index in [0.717, 1.165) is 0 Å². The van der Waals surface area contributed by atoms with E-state index >= 15 is 0 Å². The number of rotatable bonds is 11. The van der Waals surface area contributed by atoms with Crippen LogP contribution in [0.2, 0.25) is 0 Å². The van der Waals surface area contributed by atoms with E-state index in [1.165, 1.54) is 12.1 Å². The molecule has 10 nitrogen and oxygen atoms in total. The number of ether oxygens (including phenoxy) is 2. The largest absolute Gasteiger partial charge is 0.508 e. The molecule has 190 valence electrons. The predicted octanol–water partition coefficient (Wildman–Crippen LogP) is 2.04. The van der Waals surface area contributed by atoms with Crippen molar-refractivity contribution in [2.45, 2.75) is 72.1 Å². The monoisotopic (exact) mass is 479 g/mol. The number of aromatic hydroxyl groups is 1. The molecule has 2 atom stereocenters. The van der Waals surface area contributed by atoms with Crippen molar-refractivity contribution in [1.82, 2.24) is 16.0 Å². The molecule has 3 amide bonds. The standard InChI is InChI=1S/C24H37N3O7/c1-7-33-22(31)19(13-16-8-10-17(28)11-9-16)26-20(29)14-25-21(30)18(12-15(2)3)27-23(32)34-24(4,5)6/h8-11,15,18-19,28H,7,12-14H2,1-6H3,(H,25,30)(H,26,29)(H,27,32)/t18-,19-/m0/s1. The zero-order chi connectivity index (χ0) is 25.9. The lowest BCUT2D eigenvalue weighted by atomic mass is 10.0. The summed E-state index contributed by atoms with van der Waals surface area (Å²) in [6.07, 6.45) is -0.234. The van der Waals surface area contributed by atoms with Gasteiger partial charge in [-0.1, -0.05) is 26.0 Å². The maximum Gasteiger partial charge on any atom is 0.408 e. The van der Waals surface area contributed by atoms with E-state index in [1.807, 2.05) is 13.8 Å². The summed E-state index contributed by atoms with van der Waals surface area (Å²) in [6, 6.07) is 4.36. The molecule has 0 aromatic heterocycles. The number of nitrogens with one attached hydrogen (secondary N) is 3. The highest BCUT2D eigenvalue weighted by atomic mass is 16.6. The molecule has 1 aromatic carbocycles. The Balaban J connectivity index is 2.75. The molecule has 0 radical (unpaired) electrons. The summed E-state index contributed by atoms with van der Waals surface area (Å²) in [6.45, 7) is 10.4. The molecule has 34 heavy (non-hydrogen) atoms. The summed E-state index contributed by atoms with van der Waals surface area (Å²) in [5, 5.41) is 17.0. The summed E-state index contributed by atoms with van der Waals surface area (Å²) in [5.74, 6) is -1.57. The zero-order valence-electron chi connectivity index (χ0n) is 20.8. The first-order chi connectivity index (χ1) is 15.8. The average Bonchev–Trinajstić information content (AvgIpc) is 2.71. The number of carbonyl (C=O) groups excluding carboxylic acids is 4. The van der Waals surface area contributed by atoms with Crippen molar-refractivity contribution >= 4 is 23.9 Å². The average molecular weight is 480 g/mol. The van der Waals surface area contributed by atoms with Crippen LogP contribution in [0.5, 0.6) is 5.75 Å². The Labute approximate surface area is 200 Å². The number of carbonyl (C=O) groups is 4. The van der Waals surface area contributed by atoms with Gasteiger partial charge in [-0.3, -0.25) is 9.59 Å². The lowest BCUT2D eigenvalue weighted by Gasteiger charge is -2.24. The van der Waals surface area contributed by atoms with Crippen LogP contribution >= 0.6 is 0 Å². The summed E-state index contributed by atoms with van der Waals surface area (Å²) in [7, 11) is 0. The molecule has 0 unspecified atom stereocenters. The van der Waals surface area contributed by atoms with Crippen molar-refractivity contribution in [3.8, 4) is 5.75 Å². The molecule has 0 saturated heterocycles. The van der Waals surface area contributed by atoms with Crippen LogP contribution < -0.4 is 16.0 Å². The molecule has 0 bridgehead atoms. The van der Waals surface area contributed by atoms with Gasteiger partial charge >= 0.3 is 12.1 Å². The van der Waals surface area contributed by atoms with Crippen molar-refractivity contribution in [3.63, 3.8) is 0 Å². The van der Waals surface area contributed by atoms with Gasteiger partial charge in [0.1, 0.15) is 23.4 Å². The van der Waals surface area contributed by atoms with E-state index in [0.29, 0.717) is 12.0 Å². The van der Waals surface area contributed by atoms with Gasteiger partial charge in [-0.2, -0.15) is 0 Å². The number of phenols is 1. The van der Waals surface area contributed by atoms with Crippen LogP contribution in [0.15, 0.2) is 24.3 Å². The van der Waals surface area contributed by atoms with Crippen LogP contribution in [0.4, 0.5) is 4.79 Å². The second-order valence-corrected chi connectivity index (χ2v) is 9.29. The highest BCUT2D eigenvalue weighted by Gasteiger charge is 2.27. The molecule has 0 aliphatic carbocycles. The maximum atomic E-state index is 12.7. The molecule has 1 rings (SSSR count). The Morgan fingerprint density at radius 2 is 1.62 bits per heavy atom.